The number of rotatable bonds is 2. The first-order valence-corrected chi connectivity index (χ1v) is 9.63. The molecule has 136 valence electrons. The molecule has 0 radical (unpaired) electrons. The van der Waals surface area contributed by atoms with E-state index in [0.29, 0.717) is 12.1 Å². The molecule has 1 unspecified atom stereocenters. The molecule has 6 heteroatoms. The smallest absolute Gasteiger partial charge is 0.263 e. The third kappa shape index (κ3) is 2.27. The molecule has 2 aromatic heterocycles. The molecule has 0 bridgehead atoms. The van der Waals surface area contributed by atoms with E-state index < -0.39 is 0 Å². The van der Waals surface area contributed by atoms with Crippen LogP contribution in [0.25, 0.3) is 0 Å². The number of hydrogen-bond acceptors (Lipinski definition) is 3. The summed E-state index contributed by atoms with van der Waals surface area (Å²) in [6.45, 7) is 3.27. The van der Waals surface area contributed by atoms with Crippen LogP contribution in [0.15, 0.2) is 23.3 Å². The van der Waals surface area contributed by atoms with Crippen LogP contribution in [0.5, 0.6) is 0 Å². The number of amides is 1. The predicted molar refractivity (Wildman–Crippen MR) is 97.4 cm³/mol. The molecule has 2 fully saturated rings. The number of piperidine rings is 1. The van der Waals surface area contributed by atoms with Gasteiger partial charge in [0, 0.05) is 36.4 Å². The van der Waals surface area contributed by atoms with Gasteiger partial charge in [0.1, 0.15) is 5.56 Å². The molecular weight excluding hydrogens is 328 g/mol. The van der Waals surface area contributed by atoms with Crippen LogP contribution in [0, 0.1) is 6.92 Å². The van der Waals surface area contributed by atoms with E-state index in [4.69, 9.17) is 0 Å². The van der Waals surface area contributed by atoms with Gasteiger partial charge in [-0.25, -0.2) is 0 Å². The van der Waals surface area contributed by atoms with Crippen molar-refractivity contribution in [2.75, 3.05) is 13.1 Å². The molecule has 26 heavy (non-hydrogen) atoms. The maximum absolute atomic E-state index is 13.3. The Morgan fingerprint density at radius 3 is 3.00 bits per heavy atom. The molecule has 3 heterocycles. The zero-order valence-corrected chi connectivity index (χ0v) is 15.1. The molecule has 2 aliphatic carbocycles. The van der Waals surface area contributed by atoms with E-state index in [1.165, 1.54) is 11.3 Å². The molecule has 3 aliphatic rings. The number of hydrogen-bond donors (Lipinski definition) is 1. The summed E-state index contributed by atoms with van der Waals surface area (Å²) in [7, 11) is 0. The van der Waals surface area contributed by atoms with Crippen molar-refractivity contribution in [2.24, 2.45) is 0 Å². The number of fused-ring (bicyclic) bond motifs is 2. The van der Waals surface area contributed by atoms with Gasteiger partial charge in [-0.15, -0.1) is 0 Å². The largest absolute Gasteiger partial charge is 0.338 e. The van der Waals surface area contributed by atoms with Crippen LogP contribution in [0.3, 0.4) is 0 Å². The number of carbonyl (C=O) groups excluding carboxylic acids is 1. The summed E-state index contributed by atoms with van der Waals surface area (Å²) in [6.07, 6.45) is 9.95. The van der Waals surface area contributed by atoms with Crippen molar-refractivity contribution in [2.45, 2.75) is 56.9 Å². The van der Waals surface area contributed by atoms with E-state index in [9.17, 15) is 9.59 Å². The van der Waals surface area contributed by atoms with Crippen LogP contribution < -0.4 is 5.56 Å². The lowest BCUT2D eigenvalue weighted by Crippen LogP contribution is -2.49. The number of aromatic amines is 1. The molecule has 1 saturated carbocycles. The summed E-state index contributed by atoms with van der Waals surface area (Å²) < 4.78 is 1.75. The summed E-state index contributed by atoms with van der Waals surface area (Å²) >= 11 is 0. The Hall–Kier alpha value is -2.37. The van der Waals surface area contributed by atoms with E-state index >= 15 is 0 Å². The van der Waals surface area contributed by atoms with E-state index in [-0.39, 0.29) is 22.9 Å². The SMILES string of the molecule is Cc1ccn(C2CC2)c(=O)c1C(=O)N1CCCC2(CCc3cn[nH]c32)C1. The number of likely N-dealkylation sites (tertiary alicyclic amines) is 1. The first-order valence-electron chi connectivity index (χ1n) is 9.63. The van der Waals surface area contributed by atoms with Crippen molar-refractivity contribution in [1.29, 1.82) is 0 Å². The predicted octanol–water partition coefficient (Wildman–Crippen LogP) is 2.33. The Morgan fingerprint density at radius 1 is 1.35 bits per heavy atom. The van der Waals surface area contributed by atoms with Crippen molar-refractivity contribution >= 4 is 5.91 Å². The minimum atomic E-state index is -0.120. The van der Waals surface area contributed by atoms with E-state index in [1.54, 1.807) is 4.57 Å². The highest BCUT2D eigenvalue weighted by Gasteiger charge is 2.45. The van der Waals surface area contributed by atoms with Crippen LogP contribution in [-0.2, 0) is 11.8 Å². The maximum atomic E-state index is 13.3. The fraction of sp³-hybridized carbons (Fsp3) is 0.550. The van der Waals surface area contributed by atoms with Gasteiger partial charge in [-0.2, -0.15) is 5.10 Å². The summed E-state index contributed by atoms with van der Waals surface area (Å²) in [4.78, 5) is 28.1. The number of carbonyl (C=O) groups is 1. The Bertz CT molecular complexity index is 940. The first kappa shape index (κ1) is 15.9. The van der Waals surface area contributed by atoms with Crippen LogP contribution >= 0.6 is 0 Å². The maximum Gasteiger partial charge on any atom is 0.263 e. The second-order valence-electron chi connectivity index (χ2n) is 8.20. The molecule has 1 N–H and O–H groups in total. The van der Waals surface area contributed by atoms with Crippen molar-refractivity contribution in [1.82, 2.24) is 19.7 Å². The Labute approximate surface area is 152 Å². The molecule has 6 nitrogen and oxygen atoms in total. The molecular formula is C20H24N4O2. The molecule has 2 aromatic rings. The average Bonchev–Trinajstić information content (AvgIpc) is 3.26. The number of pyridine rings is 1. The minimum Gasteiger partial charge on any atom is -0.338 e. The van der Waals surface area contributed by atoms with E-state index in [2.05, 4.69) is 10.2 Å². The number of nitrogens with zero attached hydrogens (tertiary/aromatic N) is 3. The standard InChI is InChI=1S/C20H24N4O2/c1-13-6-10-24(15-3-4-15)19(26)16(13)18(25)23-9-2-7-20(12-23)8-5-14-11-21-22-17(14)20/h6,10-11,15H,2-5,7-9,12H2,1H3,(H,21,22). The second-order valence-corrected chi connectivity index (χ2v) is 8.20. The van der Waals surface area contributed by atoms with E-state index in [1.807, 2.05) is 30.3 Å². The highest BCUT2D eigenvalue weighted by atomic mass is 16.2. The zero-order chi connectivity index (χ0) is 17.9. The van der Waals surface area contributed by atoms with Gasteiger partial charge in [0.05, 0.1) is 6.20 Å². The molecule has 1 amide bonds. The van der Waals surface area contributed by atoms with Gasteiger partial charge < -0.3 is 9.47 Å². The van der Waals surface area contributed by atoms with Gasteiger partial charge in [0.25, 0.3) is 11.5 Å². The average molecular weight is 352 g/mol. The second kappa shape index (κ2) is 5.56. The molecule has 1 aliphatic heterocycles. The van der Waals surface area contributed by atoms with Crippen molar-refractivity contribution in [3.63, 3.8) is 0 Å². The zero-order valence-electron chi connectivity index (χ0n) is 15.1. The molecule has 5 rings (SSSR count). The molecule has 1 spiro atoms. The van der Waals surface area contributed by atoms with Crippen LogP contribution in [0.2, 0.25) is 0 Å². The van der Waals surface area contributed by atoms with Crippen LogP contribution in [-0.4, -0.2) is 38.7 Å². The summed E-state index contributed by atoms with van der Waals surface area (Å²) in [5.41, 5.74) is 3.49. The normalized spacial score (nSPS) is 24.9. The van der Waals surface area contributed by atoms with Gasteiger partial charge >= 0.3 is 0 Å². The number of aromatic nitrogens is 3. The summed E-state index contributed by atoms with van der Waals surface area (Å²) in [6, 6.07) is 2.19. The third-order valence-electron chi connectivity index (χ3n) is 6.47. The molecule has 0 aromatic carbocycles. The van der Waals surface area contributed by atoms with Crippen molar-refractivity contribution in [3.05, 3.63) is 51.2 Å². The Balaban J connectivity index is 1.48. The van der Waals surface area contributed by atoms with Gasteiger partial charge in [-0.3, -0.25) is 14.7 Å². The Morgan fingerprint density at radius 2 is 2.19 bits per heavy atom. The Kier molecular flexibility index (Phi) is 3.39. The van der Waals surface area contributed by atoms with Gasteiger partial charge in [-0.1, -0.05) is 0 Å². The highest BCUT2D eigenvalue weighted by Crippen LogP contribution is 2.44. The first-order chi connectivity index (χ1) is 12.6. The lowest BCUT2D eigenvalue weighted by atomic mass is 9.77. The van der Waals surface area contributed by atoms with Crippen LogP contribution in [0.4, 0.5) is 0 Å². The number of H-pyrrole nitrogens is 1. The van der Waals surface area contributed by atoms with Gasteiger partial charge in [-0.05, 0) is 62.6 Å². The highest BCUT2D eigenvalue weighted by molar-refractivity contribution is 5.95. The van der Waals surface area contributed by atoms with Gasteiger partial charge in [0.15, 0.2) is 0 Å². The van der Waals surface area contributed by atoms with Crippen LogP contribution in [0.1, 0.15) is 65.3 Å². The van der Waals surface area contributed by atoms with Crippen molar-refractivity contribution in [3.8, 4) is 0 Å². The lowest BCUT2D eigenvalue weighted by molar-refractivity contribution is 0.0629. The topological polar surface area (TPSA) is 71.0 Å². The lowest BCUT2D eigenvalue weighted by Gasteiger charge is -2.40. The number of aryl methyl sites for hydroxylation is 2. The quantitative estimate of drug-likeness (QED) is 0.902. The summed E-state index contributed by atoms with van der Waals surface area (Å²) in [5.74, 6) is -0.102. The molecule has 1 saturated heterocycles. The van der Waals surface area contributed by atoms with Gasteiger partial charge in [0.2, 0.25) is 0 Å². The molecule has 1 atom stereocenters. The fourth-order valence-electron chi connectivity index (χ4n) is 4.87. The fourth-order valence-corrected chi connectivity index (χ4v) is 4.87. The summed E-state index contributed by atoms with van der Waals surface area (Å²) in [5, 5.41) is 7.38. The van der Waals surface area contributed by atoms with E-state index in [0.717, 1.165) is 50.6 Å². The third-order valence-corrected chi connectivity index (χ3v) is 6.47. The number of nitrogens with one attached hydrogen (secondary N) is 1. The van der Waals surface area contributed by atoms with Crippen molar-refractivity contribution < 1.29 is 4.79 Å². The monoisotopic (exact) mass is 352 g/mol. The minimum absolute atomic E-state index is 0.0159.